The second-order valence-electron chi connectivity index (χ2n) is 5.69. The van der Waals surface area contributed by atoms with E-state index < -0.39 is 0 Å². The van der Waals surface area contributed by atoms with Crippen molar-refractivity contribution in [2.45, 2.75) is 52.2 Å². The van der Waals surface area contributed by atoms with Gasteiger partial charge in [0.1, 0.15) is 0 Å². The van der Waals surface area contributed by atoms with Gasteiger partial charge in [0.25, 0.3) is 0 Å². The van der Waals surface area contributed by atoms with Gasteiger partial charge < -0.3 is 10.4 Å². The number of hydrogen-bond acceptors (Lipinski definition) is 4. The lowest BCUT2D eigenvalue weighted by molar-refractivity contribution is -0.127. The van der Waals surface area contributed by atoms with Gasteiger partial charge in [0, 0.05) is 24.8 Å². The molecule has 0 aliphatic carbocycles. The molecule has 6 heteroatoms. The number of likely N-dealkylation sites (N-methyl/N-ethyl adjacent to an activating group) is 1. The van der Waals surface area contributed by atoms with Crippen molar-refractivity contribution >= 4 is 5.91 Å². The Bertz CT molecular complexity index is 498. The molecule has 6 nitrogen and oxygen atoms in total. The van der Waals surface area contributed by atoms with Gasteiger partial charge in [-0.2, -0.15) is 5.10 Å². The topological polar surface area (TPSA) is 70.4 Å². The van der Waals surface area contributed by atoms with E-state index in [0.29, 0.717) is 6.54 Å². The highest BCUT2D eigenvalue weighted by atomic mass is 16.3. The molecule has 1 atom stereocenters. The standard InChI is InChI=1S/C15H26N4O2/c1-11-13(12(2)19(17-11)8-9-20)10-18-7-5-4-6-14(18)15(21)16-3/h14,20H,4-10H2,1-3H3,(H,16,21). The zero-order valence-electron chi connectivity index (χ0n) is 13.2. The van der Waals surface area contributed by atoms with Crippen LogP contribution in [0.4, 0.5) is 0 Å². The molecule has 1 aromatic heterocycles. The minimum atomic E-state index is -0.0382. The number of rotatable bonds is 5. The van der Waals surface area contributed by atoms with E-state index in [1.165, 1.54) is 5.56 Å². The van der Waals surface area contributed by atoms with Crippen molar-refractivity contribution in [1.29, 1.82) is 0 Å². The number of piperidine rings is 1. The molecule has 0 spiro atoms. The third kappa shape index (κ3) is 3.44. The van der Waals surface area contributed by atoms with Crippen molar-refractivity contribution in [2.75, 3.05) is 20.2 Å². The van der Waals surface area contributed by atoms with Crippen LogP contribution in [0, 0.1) is 13.8 Å². The Morgan fingerprint density at radius 2 is 2.19 bits per heavy atom. The molecule has 0 aromatic carbocycles. The molecule has 1 saturated heterocycles. The zero-order valence-corrected chi connectivity index (χ0v) is 13.2. The lowest BCUT2D eigenvalue weighted by Crippen LogP contribution is -2.48. The van der Waals surface area contributed by atoms with Crippen LogP contribution >= 0.6 is 0 Å². The van der Waals surface area contributed by atoms with Crippen molar-refractivity contribution < 1.29 is 9.90 Å². The van der Waals surface area contributed by atoms with E-state index in [0.717, 1.165) is 43.7 Å². The first kappa shape index (κ1) is 16.0. The second kappa shape index (κ2) is 7.04. The van der Waals surface area contributed by atoms with Gasteiger partial charge in [-0.1, -0.05) is 6.42 Å². The number of aliphatic hydroxyl groups excluding tert-OH is 1. The third-order valence-corrected chi connectivity index (χ3v) is 4.37. The fourth-order valence-electron chi connectivity index (χ4n) is 3.12. The average molecular weight is 294 g/mol. The Balaban J connectivity index is 2.17. The fourth-order valence-corrected chi connectivity index (χ4v) is 3.12. The van der Waals surface area contributed by atoms with Crippen LogP contribution < -0.4 is 5.32 Å². The summed E-state index contributed by atoms with van der Waals surface area (Å²) in [4.78, 5) is 14.3. The maximum absolute atomic E-state index is 12.0. The van der Waals surface area contributed by atoms with E-state index in [4.69, 9.17) is 5.11 Å². The van der Waals surface area contributed by atoms with E-state index in [-0.39, 0.29) is 18.6 Å². The minimum Gasteiger partial charge on any atom is -0.394 e. The van der Waals surface area contributed by atoms with Crippen LogP contribution in [0.3, 0.4) is 0 Å². The Morgan fingerprint density at radius 1 is 1.43 bits per heavy atom. The van der Waals surface area contributed by atoms with Crippen molar-refractivity contribution in [3.63, 3.8) is 0 Å². The van der Waals surface area contributed by atoms with E-state index in [9.17, 15) is 4.79 Å². The number of aromatic nitrogens is 2. The number of carbonyl (C=O) groups excluding carboxylic acids is 1. The van der Waals surface area contributed by atoms with Gasteiger partial charge in [-0.25, -0.2) is 0 Å². The summed E-state index contributed by atoms with van der Waals surface area (Å²) < 4.78 is 1.85. The second-order valence-corrected chi connectivity index (χ2v) is 5.69. The van der Waals surface area contributed by atoms with Crippen LogP contribution in [0.2, 0.25) is 0 Å². The van der Waals surface area contributed by atoms with Gasteiger partial charge in [-0.05, 0) is 33.2 Å². The number of nitrogens with one attached hydrogen (secondary N) is 1. The Kier molecular flexibility index (Phi) is 5.36. The van der Waals surface area contributed by atoms with Crippen LogP contribution in [-0.2, 0) is 17.9 Å². The molecule has 1 aliphatic rings. The summed E-state index contributed by atoms with van der Waals surface area (Å²) in [5, 5.41) is 16.3. The Morgan fingerprint density at radius 3 is 2.86 bits per heavy atom. The lowest BCUT2D eigenvalue weighted by Gasteiger charge is -2.34. The first-order valence-corrected chi connectivity index (χ1v) is 7.67. The summed E-state index contributed by atoms with van der Waals surface area (Å²) in [6, 6.07) is -0.0382. The molecule has 1 unspecified atom stereocenters. The highest BCUT2D eigenvalue weighted by molar-refractivity contribution is 5.81. The fraction of sp³-hybridized carbons (Fsp3) is 0.733. The SMILES string of the molecule is CNC(=O)C1CCCCN1Cc1c(C)nn(CCO)c1C. The van der Waals surface area contributed by atoms with Crippen molar-refractivity contribution in [3.8, 4) is 0 Å². The monoisotopic (exact) mass is 294 g/mol. The molecule has 2 N–H and O–H groups in total. The summed E-state index contributed by atoms with van der Waals surface area (Å²) in [5.41, 5.74) is 3.25. The molecule has 21 heavy (non-hydrogen) atoms. The van der Waals surface area contributed by atoms with Crippen LogP contribution in [-0.4, -0.2) is 51.9 Å². The molecule has 118 valence electrons. The smallest absolute Gasteiger partial charge is 0.237 e. The average Bonchev–Trinajstić information content (AvgIpc) is 2.75. The van der Waals surface area contributed by atoms with Crippen LogP contribution in [0.15, 0.2) is 0 Å². The third-order valence-electron chi connectivity index (χ3n) is 4.37. The molecule has 0 bridgehead atoms. The molecular formula is C15H26N4O2. The highest BCUT2D eigenvalue weighted by Gasteiger charge is 2.29. The molecule has 0 saturated carbocycles. The van der Waals surface area contributed by atoms with E-state index in [2.05, 4.69) is 15.3 Å². The van der Waals surface area contributed by atoms with Crippen LogP contribution in [0.25, 0.3) is 0 Å². The highest BCUT2D eigenvalue weighted by Crippen LogP contribution is 2.23. The maximum atomic E-state index is 12.0. The summed E-state index contributed by atoms with van der Waals surface area (Å²) in [7, 11) is 1.70. The quantitative estimate of drug-likeness (QED) is 0.834. The van der Waals surface area contributed by atoms with Gasteiger partial charge in [0.05, 0.1) is 24.9 Å². The molecule has 2 rings (SSSR count). The summed E-state index contributed by atoms with van der Waals surface area (Å²) in [5.74, 6) is 0.104. The molecule has 2 heterocycles. The van der Waals surface area contributed by atoms with Crippen molar-refractivity contribution in [1.82, 2.24) is 20.0 Å². The molecule has 0 radical (unpaired) electrons. The summed E-state index contributed by atoms with van der Waals surface area (Å²) in [6.45, 7) is 6.33. The van der Waals surface area contributed by atoms with Gasteiger partial charge in [0.2, 0.25) is 5.91 Å². The first-order valence-electron chi connectivity index (χ1n) is 7.67. The molecule has 1 fully saturated rings. The number of nitrogens with zero attached hydrogens (tertiary/aromatic N) is 3. The minimum absolute atomic E-state index is 0.0382. The normalized spacial score (nSPS) is 19.7. The van der Waals surface area contributed by atoms with Gasteiger partial charge in [-0.3, -0.25) is 14.4 Å². The predicted molar refractivity (Wildman–Crippen MR) is 80.9 cm³/mol. The van der Waals surface area contributed by atoms with Crippen LogP contribution in [0.1, 0.15) is 36.2 Å². The van der Waals surface area contributed by atoms with Gasteiger partial charge >= 0.3 is 0 Å². The number of aliphatic hydroxyl groups is 1. The van der Waals surface area contributed by atoms with E-state index >= 15 is 0 Å². The number of aryl methyl sites for hydroxylation is 1. The molecule has 1 aromatic rings. The van der Waals surface area contributed by atoms with E-state index in [1.807, 2.05) is 18.5 Å². The Labute approximate surface area is 126 Å². The van der Waals surface area contributed by atoms with E-state index in [1.54, 1.807) is 7.05 Å². The van der Waals surface area contributed by atoms with Gasteiger partial charge in [-0.15, -0.1) is 0 Å². The summed E-state index contributed by atoms with van der Waals surface area (Å²) in [6.07, 6.45) is 3.16. The van der Waals surface area contributed by atoms with Gasteiger partial charge in [0.15, 0.2) is 0 Å². The number of amides is 1. The first-order chi connectivity index (χ1) is 10.1. The largest absolute Gasteiger partial charge is 0.394 e. The molecular weight excluding hydrogens is 268 g/mol. The molecule has 1 aliphatic heterocycles. The van der Waals surface area contributed by atoms with Crippen molar-refractivity contribution in [3.05, 3.63) is 17.0 Å². The number of likely N-dealkylation sites (tertiary alicyclic amines) is 1. The lowest BCUT2D eigenvalue weighted by atomic mass is 10.00. The predicted octanol–water partition coefficient (Wildman–Crippen LogP) is 0.593. The zero-order chi connectivity index (χ0) is 15.4. The maximum Gasteiger partial charge on any atom is 0.237 e. The van der Waals surface area contributed by atoms with Crippen molar-refractivity contribution in [2.24, 2.45) is 0 Å². The molecule has 1 amide bonds. The Hall–Kier alpha value is -1.40. The number of carbonyl (C=O) groups is 1. The number of hydrogen-bond donors (Lipinski definition) is 2. The summed E-state index contributed by atoms with van der Waals surface area (Å²) >= 11 is 0. The van der Waals surface area contributed by atoms with Crippen LogP contribution in [0.5, 0.6) is 0 Å².